The van der Waals surface area contributed by atoms with Crippen LogP contribution in [0.25, 0.3) is 0 Å². The number of benzene rings is 3. The fraction of sp³-hybridized carbons (Fsp3) is 0.250. The minimum Gasteiger partial charge on any atom is -0.454 e. The number of esters is 3. The van der Waals surface area contributed by atoms with E-state index in [1.54, 1.807) is 91.0 Å². The zero-order valence-electron chi connectivity index (χ0n) is 19.9. The molecule has 4 rings (SSSR count). The van der Waals surface area contributed by atoms with Crippen molar-refractivity contribution < 1.29 is 38.1 Å². The van der Waals surface area contributed by atoms with Gasteiger partial charge in [0, 0.05) is 7.11 Å². The molecule has 3 aromatic rings. The zero-order valence-corrected chi connectivity index (χ0v) is 20.7. The van der Waals surface area contributed by atoms with Crippen LogP contribution in [0, 0.1) is 0 Å². The molecular formula is C28H25ClO8. The second-order valence-electron chi connectivity index (χ2n) is 8.16. The number of hydrogen-bond acceptors (Lipinski definition) is 8. The minimum atomic E-state index is -1.25. The Kier molecular flexibility index (Phi) is 8.90. The molecule has 5 atom stereocenters. The summed E-state index contributed by atoms with van der Waals surface area (Å²) in [6, 6.07) is 25.2. The lowest BCUT2D eigenvalue weighted by atomic mass is 10.0. The monoisotopic (exact) mass is 524 g/mol. The van der Waals surface area contributed by atoms with Gasteiger partial charge in [-0.3, -0.25) is 4.79 Å². The average molecular weight is 525 g/mol. The lowest BCUT2D eigenvalue weighted by Crippen LogP contribution is -2.58. The van der Waals surface area contributed by atoms with Gasteiger partial charge in [-0.05, 0) is 29.8 Å². The highest BCUT2D eigenvalue weighted by Gasteiger charge is 2.48. The molecule has 0 N–H and O–H groups in total. The van der Waals surface area contributed by atoms with Crippen LogP contribution in [-0.2, 0) is 28.5 Å². The number of carbonyl (C=O) groups excluding carboxylic acids is 3. The third-order valence-electron chi connectivity index (χ3n) is 5.69. The summed E-state index contributed by atoms with van der Waals surface area (Å²) in [6.45, 7) is -0.186. The van der Waals surface area contributed by atoms with Crippen LogP contribution in [0.3, 0.4) is 0 Å². The summed E-state index contributed by atoms with van der Waals surface area (Å²) in [7, 11) is 1.36. The fourth-order valence-corrected chi connectivity index (χ4v) is 4.01. The summed E-state index contributed by atoms with van der Waals surface area (Å²) in [5.41, 5.74) is 1.07. The largest absolute Gasteiger partial charge is 0.454 e. The molecule has 1 aliphatic heterocycles. The predicted molar refractivity (Wildman–Crippen MR) is 133 cm³/mol. The SMILES string of the molecule is CO[C@H]1OC[C@H](OC(=O)C(Cl)c2ccccc2)[C@H](OC(=O)c2ccccc2)[C@H]1OC(=O)c1ccccc1. The van der Waals surface area contributed by atoms with Crippen molar-refractivity contribution in [2.75, 3.05) is 13.7 Å². The Bertz CT molecular complexity index is 1190. The molecule has 3 aromatic carbocycles. The number of rotatable bonds is 8. The van der Waals surface area contributed by atoms with E-state index < -0.39 is 47.9 Å². The zero-order chi connectivity index (χ0) is 26.2. The van der Waals surface area contributed by atoms with E-state index >= 15 is 0 Å². The first-order valence-electron chi connectivity index (χ1n) is 11.5. The molecule has 1 aliphatic rings. The Morgan fingerprint density at radius 1 is 0.757 bits per heavy atom. The minimum absolute atomic E-state index is 0.186. The molecule has 0 aliphatic carbocycles. The molecule has 0 bridgehead atoms. The van der Waals surface area contributed by atoms with Gasteiger partial charge >= 0.3 is 17.9 Å². The van der Waals surface area contributed by atoms with E-state index in [1.807, 2.05) is 0 Å². The van der Waals surface area contributed by atoms with Crippen LogP contribution in [-0.4, -0.2) is 56.2 Å². The van der Waals surface area contributed by atoms with E-state index in [2.05, 4.69) is 0 Å². The van der Waals surface area contributed by atoms with Crippen molar-refractivity contribution in [3.8, 4) is 0 Å². The third kappa shape index (κ3) is 6.54. The molecule has 9 heteroatoms. The molecule has 0 radical (unpaired) electrons. The first-order chi connectivity index (χ1) is 18.0. The Morgan fingerprint density at radius 3 is 1.76 bits per heavy atom. The Hall–Kier alpha value is -3.72. The van der Waals surface area contributed by atoms with Crippen molar-refractivity contribution in [3.63, 3.8) is 0 Å². The molecule has 8 nitrogen and oxygen atoms in total. The first-order valence-corrected chi connectivity index (χ1v) is 12.0. The van der Waals surface area contributed by atoms with Gasteiger partial charge in [-0.2, -0.15) is 0 Å². The summed E-state index contributed by atoms with van der Waals surface area (Å²) in [4.78, 5) is 38.8. The number of ether oxygens (including phenoxy) is 5. The second-order valence-corrected chi connectivity index (χ2v) is 8.59. The van der Waals surface area contributed by atoms with Crippen LogP contribution in [0.5, 0.6) is 0 Å². The number of methoxy groups -OCH3 is 1. The number of halogens is 1. The first kappa shape index (κ1) is 26.3. The predicted octanol–water partition coefficient (Wildman–Crippen LogP) is 4.33. The van der Waals surface area contributed by atoms with Gasteiger partial charge in [-0.1, -0.05) is 66.7 Å². The van der Waals surface area contributed by atoms with Crippen LogP contribution in [0.2, 0.25) is 0 Å². The van der Waals surface area contributed by atoms with E-state index in [4.69, 9.17) is 35.3 Å². The average Bonchev–Trinajstić information content (AvgIpc) is 2.95. The van der Waals surface area contributed by atoms with Crippen molar-refractivity contribution in [1.29, 1.82) is 0 Å². The standard InChI is InChI=1S/C28H25ClO8/c1-33-28-24(37-26(31)20-15-9-4-10-16-20)23(36-25(30)19-13-7-3-8-14-19)21(17-34-28)35-27(32)22(29)18-11-5-2-6-12-18/h2-16,21-24,28H,17H2,1H3/t21-,22?,23-,24+,28-/m0/s1. The summed E-state index contributed by atoms with van der Waals surface area (Å²) in [5, 5.41) is -1.11. The fourth-order valence-electron chi connectivity index (χ4n) is 3.81. The quantitative estimate of drug-likeness (QED) is 0.244. The van der Waals surface area contributed by atoms with E-state index in [0.717, 1.165) is 0 Å². The Labute approximate surface area is 219 Å². The third-order valence-corrected chi connectivity index (χ3v) is 6.12. The van der Waals surface area contributed by atoms with Crippen LogP contribution in [0.1, 0.15) is 31.7 Å². The van der Waals surface area contributed by atoms with E-state index in [0.29, 0.717) is 5.56 Å². The molecule has 0 amide bonds. The summed E-state index contributed by atoms with van der Waals surface area (Å²) < 4.78 is 28.2. The molecule has 37 heavy (non-hydrogen) atoms. The van der Waals surface area contributed by atoms with Crippen molar-refractivity contribution in [2.24, 2.45) is 0 Å². The normalized spacial score (nSPS) is 21.9. The van der Waals surface area contributed by atoms with Gasteiger partial charge in [-0.25, -0.2) is 9.59 Å². The van der Waals surface area contributed by atoms with Gasteiger partial charge in [0.15, 0.2) is 30.0 Å². The van der Waals surface area contributed by atoms with Crippen molar-refractivity contribution in [2.45, 2.75) is 30.0 Å². The van der Waals surface area contributed by atoms with Crippen LogP contribution in [0.15, 0.2) is 91.0 Å². The topological polar surface area (TPSA) is 97.4 Å². The van der Waals surface area contributed by atoms with Gasteiger partial charge in [-0.15, -0.1) is 11.6 Å². The maximum absolute atomic E-state index is 13.0. The maximum Gasteiger partial charge on any atom is 0.338 e. The van der Waals surface area contributed by atoms with Crippen molar-refractivity contribution >= 4 is 29.5 Å². The molecule has 0 spiro atoms. The molecule has 1 fully saturated rings. The van der Waals surface area contributed by atoms with Crippen LogP contribution < -0.4 is 0 Å². The molecule has 0 saturated carbocycles. The highest BCUT2D eigenvalue weighted by molar-refractivity contribution is 6.29. The van der Waals surface area contributed by atoms with Gasteiger partial charge in [0.25, 0.3) is 0 Å². The van der Waals surface area contributed by atoms with Crippen molar-refractivity contribution in [3.05, 3.63) is 108 Å². The van der Waals surface area contributed by atoms with E-state index in [9.17, 15) is 14.4 Å². The number of hydrogen-bond donors (Lipinski definition) is 0. The Morgan fingerprint density at radius 2 is 1.24 bits per heavy atom. The van der Waals surface area contributed by atoms with Crippen LogP contribution in [0.4, 0.5) is 0 Å². The molecule has 0 aromatic heterocycles. The second kappa shape index (κ2) is 12.5. The lowest BCUT2D eigenvalue weighted by Gasteiger charge is -2.40. The highest BCUT2D eigenvalue weighted by Crippen LogP contribution is 2.29. The molecule has 1 saturated heterocycles. The maximum atomic E-state index is 13.0. The summed E-state index contributed by atoms with van der Waals surface area (Å²) >= 11 is 6.35. The van der Waals surface area contributed by atoms with Gasteiger partial charge < -0.3 is 23.7 Å². The van der Waals surface area contributed by atoms with Crippen molar-refractivity contribution in [1.82, 2.24) is 0 Å². The molecular weight excluding hydrogens is 500 g/mol. The smallest absolute Gasteiger partial charge is 0.338 e. The molecule has 1 unspecified atom stereocenters. The van der Waals surface area contributed by atoms with E-state index in [1.165, 1.54) is 7.11 Å². The highest BCUT2D eigenvalue weighted by atomic mass is 35.5. The summed E-state index contributed by atoms with van der Waals surface area (Å²) in [6.07, 6.45) is -4.72. The van der Waals surface area contributed by atoms with Gasteiger partial charge in [0.2, 0.25) is 0 Å². The lowest BCUT2D eigenvalue weighted by molar-refractivity contribution is -0.264. The molecule has 1 heterocycles. The van der Waals surface area contributed by atoms with Gasteiger partial charge in [0.1, 0.15) is 0 Å². The molecule has 192 valence electrons. The van der Waals surface area contributed by atoms with E-state index in [-0.39, 0.29) is 17.7 Å². The Balaban J connectivity index is 1.60. The van der Waals surface area contributed by atoms with Gasteiger partial charge in [0.05, 0.1) is 17.7 Å². The summed E-state index contributed by atoms with van der Waals surface area (Å²) in [5.74, 6) is -2.16. The van der Waals surface area contributed by atoms with Crippen LogP contribution >= 0.6 is 11.6 Å². The number of alkyl halides is 1. The number of carbonyl (C=O) groups is 3.